The minimum atomic E-state index is -1.09. The van der Waals surface area contributed by atoms with E-state index in [1.807, 2.05) is 0 Å². The molecule has 0 bridgehead atoms. The highest BCUT2D eigenvalue weighted by atomic mass is 79.9. The Bertz CT molecular complexity index is 620. The summed E-state index contributed by atoms with van der Waals surface area (Å²) in [5.74, 6) is -2.27. The van der Waals surface area contributed by atoms with E-state index in [0.717, 1.165) is 6.07 Å². The number of hydrogen-bond acceptors (Lipinski definition) is 3. The minimum Gasteiger partial charge on any atom is -0.436 e. The maximum absolute atomic E-state index is 13.6. The first-order valence-electron chi connectivity index (χ1n) is 5.40. The van der Waals surface area contributed by atoms with Crippen LogP contribution in [0.1, 0.15) is 11.3 Å². The third-order valence-electron chi connectivity index (χ3n) is 2.35. The van der Waals surface area contributed by atoms with E-state index in [1.54, 1.807) is 13.0 Å². The van der Waals surface area contributed by atoms with E-state index in [1.165, 1.54) is 12.1 Å². The van der Waals surface area contributed by atoms with Crippen molar-refractivity contribution in [2.45, 2.75) is 13.5 Å². The lowest BCUT2D eigenvalue weighted by Crippen LogP contribution is -1.97. The lowest BCUT2D eigenvalue weighted by Gasteiger charge is -2.09. The van der Waals surface area contributed by atoms with E-state index in [4.69, 9.17) is 9.84 Å². The normalized spacial score (nSPS) is 10.6. The molecule has 0 radical (unpaired) electrons. The summed E-state index contributed by atoms with van der Waals surface area (Å²) in [7, 11) is 0. The van der Waals surface area contributed by atoms with Crippen LogP contribution in [0.4, 0.5) is 8.78 Å². The number of ether oxygens (including phenoxy) is 1. The second kappa shape index (κ2) is 5.63. The first kappa shape index (κ1) is 13.9. The molecule has 2 aromatic rings. The Hall–Kier alpha value is -1.53. The van der Waals surface area contributed by atoms with Crippen molar-refractivity contribution in [1.29, 1.82) is 0 Å². The fraction of sp³-hybridized carbons (Fsp3) is 0.154. The van der Waals surface area contributed by atoms with Crippen molar-refractivity contribution in [3.63, 3.8) is 0 Å². The molecule has 3 nitrogen and oxygen atoms in total. The molecule has 19 heavy (non-hydrogen) atoms. The van der Waals surface area contributed by atoms with E-state index in [-0.39, 0.29) is 18.2 Å². The number of rotatable bonds is 3. The third-order valence-corrected chi connectivity index (χ3v) is 2.80. The Labute approximate surface area is 117 Å². The van der Waals surface area contributed by atoms with Gasteiger partial charge in [-0.2, -0.15) is 4.39 Å². The Kier molecular flexibility index (Phi) is 4.11. The fourth-order valence-corrected chi connectivity index (χ4v) is 1.98. The van der Waals surface area contributed by atoms with Crippen molar-refractivity contribution in [2.24, 2.45) is 0 Å². The van der Waals surface area contributed by atoms with Crippen LogP contribution in [0.25, 0.3) is 0 Å². The first-order chi connectivity index (χ1) is 8.99. The summed E-state index contributed by atoms with van der Waals surface area (Å²) in [4.78, 5) is 4.04. The third kappa shape index (κ3) is 3.27. The summed E-state index contributed by atoms with van der Waals surface area (Å²) in [6, 6.07) is 5.45. The summed E-state index contributed by atoms with van der Waals surface area (Å²) in [6.07, 6.45) is 0. The molecule has 0 saturated heterocycles. The zero-order chi connectivity index (χ0) is 14.0. The largest absolute Gasteiger partial charge is 0.436 e. The fourth-order valence-electron chi connectivity index (χ4n) is 1.57. The number of aliphatic hydroxyl groups is 1. The van der Waals surface area contributed by atoms with Crippen molar-refractivity contribution < 1.29 is 18.6 Å². The van der Waals surface area contributed by atoms with Crippen LogP contribution in [-0.4, -0.2) is 10.1 Å². The smallest absolute Gasteiger partial charge is 0.219 e. The van der Waals surface area contributed by atoms with Gasteiger partial charge in [-0.05, 0) is 30.7 Å². The molecule has 1 N–H and O–H groups in total. The van der Waals surface area contributed by atoms with Gasteiger partial charge in [-0.25, -0.2) is 9.37 Å². The number of pyridine rings is 1. The molecule has 0 atom stereocenters. The molecule has 0 unspecified atom stereocenters. The van der Waals surface area contributed by atoms with E-state index >= 15 is 0 Å². The lowest BCUT2D eigenvalue weighted by atomic mass is 10.2. The molecule has 100 valence electrons. The van der Waals surface area contributed by atoms with Gasteiger partial charge in [0.05, 0.1) is 6.61 Å². The van der Waals surface area contributed by atoms with E-state index < -0.39 is 11.6 Å². The molecular formula is C13H10BrF2NO2. The average molecular weight is 330 g/mol. The standard InChI is InChI=1S/C13H10BrF2NO2/c1-7-2-8(6-18)3-12(17-7)19-11-5-9(14)4-10(15)13(11)16/h2-5,18H,6H2,1H3. The summed E-state index contributed by atoms with van der Waals surface area (Å²) < 4.78 is 32.4. The van der Waals surface area contributed by atoms with Crippen LogP contribution in [0.2, 0.25) is 0 Å². The maximum atomic E-state index is 13.6. The molecule has 2 rings (SSSR count). The second-order valence-corrected chi connectivity index (χ2v) is 4.83. The first-order valence-corrected chi connectivity index (χ1v) is 6.19. The van der Waals surface area contributed by atoms with Crippen molar-refractivity contribution in [3.05, 3.63) is 51.6 Å². The summed E-state index contributed by atoms with van der Waals surface area (Å²) >= 11 is 3.06. The maximum Gasteiger partial charge on any atom is 0.219 e. The Morgan fingerprint density at radius 1 is 1.26 bits per heavy atom. The Morgan fingerprint density at radius 2 is 2.00 bits per heavy atom. The molecule has 0 saturated carbocycles. The van der Waals surface area contributed by atoms with E-state index in [0.29, 0.717) is 15.7 Å². The summed E-state index contributed by atoms with van der Waals surface area (Å²) in [5, 5.41) is 9.07. The average Bonchev–Trinajstić information content (AvgIpc) is 2.34. The Balaban J connectivity index is 2.38. The molecule has 0 amide bonds. The molecule has 1 aromatic heterocycles. The van der Waals surface area contributed by atoms with Crippen LogP contribution < -0.4 is 4.74 Å². The molecule has 0 aliphatic heterocycles. The van der Waals surface area contributed by atoms with Gasteiger partial charge in [-0.3, -0.25) is 0 Å². The molecule has 0 aliphatic rings. The Morgan fingerprint density at radius 3 is 2.68 bits per heavy atom. The van der Waals surface area contributed by atoms with Gasteiger partial charge in [0.25, 0.3) is 0 Å². The van der Waals surface area contributed by atoms with Crippen molar-refractivity contribution in [2.75, 3.05) is 0 Å². The summed E-state index contributed by atoms with van der Waals surface area (Å²) in [5.41, 5.74) is 1.19. The highest BCUT2D eigenvalue weighted by Gasteiger charge is 2.13. The predicted molar refractivity (Wildman–Crippen MR) is 69.0 cm³/mol. The number of aromatic nitrogens is 1. The minimum absolute atomic E-state index is 0.0976. The van der Waals surface area contributed by atoms with E-state index in [9.17, 15) is 8.78 Å². The molecule has 0 fully saturated rings. The van der Waals surface area contributed by atoms with Crippen LogP contribution in [0.15, 0.2) is 28.7 Å². The number of hydrogen-bond donors (Lipinski definition) is 1. The molecular weight excluding hydrogens is 320 g/mol. The monoisotopic (exact) mass is 329 g/mol. The number of benzene rings is 1. The van der Waals surface area contributed by atoms with Crippen molar-refractivity contribution in [1.82, 2.24) is 4.98 Å². The zero-order valence-electron chi connectivity index (χ0n) is 9.95. The predicted octanol–water partition coefficient (Wildman–Crippen LogP) is 3.72. The zero-order valence-corrected chi connectivity index (χ0v) is 11.5. The highest BCUT2D eigenvalue weighted by molar-refractivity contribution is 9.10. The molecule has 0 aliphatic carbocycles. The summed E-state index contributed by atoms with van der Waals surface area (Å²) in [6.45, 7) is 1.53. The SMILES string of the molecule is Cc1cc(CO)cc(Oc2cc(Br)cc(F)c2F)n1. The van der Waals surface area contributed by atoms with Gasteiger partial charge in [0.15, 0.2) is 11.6 Å². The van der Waals surface area contributed by atoms with Crippen molar-refractivity contribution >= 4 is 15.9 Å². The van der Waals surface area contributed by atoms with Gasteiger partial charge in [0.2, 0.25) is 11.7 Å². The van der Waals surface area contributed by atoms with Crippen LogP contribution >= 0.6 is 15.9 Å². The molecule has 0 spiro atoms. The molecule has 1 aromatic carbocycles. The molecule has 6 heteroatoms. The number of nitrogens with zero attached hydrogens (tertiary/aromatic N) is 1. The van der Waals surface area contributed by atoms with Crippen LogP contribution in [-0.2, 0) is 6.61 Å². The van der Waals surface area contributed by atoms with E-state index in [2.05, 4.69) is 20.9 Å². The van der Waals surface area contributed by atoms with Gasteiger partial charge < -0.3 is 9.84 Å². The van der Waals surface area contributed by atoms with Gasteiger partial charge in [-0.15, -0.1) is 0 Å². The highest BCUT2D eigenvalue weighted by Crippen LogP contribution is 2.29. The number of halogens is 3. The van der Waals surface area contributed by atoms with Gasteiger partial charge in [0, 0.05) is 16.2 Å². The van der Waals surface area contributed by atoms with Crippen LogP contribution in [0, 0.1) is 18.6 Å². The van der Waals surface area contributed by atoms with Crippen LogP contribution in [0.5, 0.6) is 11.6 Å². The van der Waals surface area contributed by atoms with Crippen LogP contribution in [0.3, 0.4) is 0 Å². The quantitative estimate of drug-likeness (QED) is 0.873. The van der Waals surface area contributed by atoms with Gasteiger partial charge >= 0.3 is 0 Å². The van der Waals surface area contributed by atoms with Crippen molar-refractivity contribution in [3.8, 4) is 11.6 Å². The second-order valence-electron chi connectivity index (χ2n) is 3.91. The number of aliphatic hydroxyl groups excluding tert-OH is 1. The number of aryl methyl sites for hydroxylation is 1. The van der Waals surface area contributed by atoms with Gasteiger partial charge in [0.1, 0.15) is 0 Å². The van der Waals surface area contributed by atoms with Gasteiger partial charge in [-0.1, -0.05) is 15.9 Å². The molecule has 1 heterocycles. The lowest BCUT2D eigenvalue weighted by molar-refractivity contribution is 0.280. The topological polar surface area (TPSA) is 42.4 Å².